The van der Waals surface area contributed by atoms with E-state index in [0.717, 1.165) is 12.1 Å². The summed E-state index contributed by atoms with van der Waals surface area (Å²) in [4.78, 5) is 0.381. The lowest BCUT2D eigenvalue weighted by molar-refractivity contribution is 0.597. The summed E-state index contributed by atoms with van der Waals surface area (Å²) < 4.78 is 23.5. The zero-order chi connectivity index (χ0) is 15.3. The monoisotopic (exact) mass is 303 g/mol. The van der Waals surface area contributed by atoms with Gasteiger partial charge in [0.2, 0.25) is 0 Å². The lowest BCUT2D eigenvalue weighted by Gasteiger charge is -2.15. The van der Waals surface area contributed by atoms with E-state index in [-0.39, 0.29) is 11.8 Å². The molecule has 0 saturated carbocycles. The second-order valence-corrected chi connectivity index (χ2v) is 7.44. The summed E-state index contributed by atoms with van der Waals surface area (Å²) >= 11 is 0. The maximum atomic E-state index is 11.8. The van der Waals surface area contributed by atoms with Crippen molar-refractivity contribution in [2.75, 3.05) is 11.1 Å². The van der Waals surface area contributed by atoms with E-state index in [9.17, 15) is 8.42 Å². The first kappa shape index (κ1) is 15.6. The Balaban J connectivity index is 2.00. The van der Waals surface area contributed by atoms with Crippen LogP contribution >= 0.6 is 0 Å². The topological polar surface area (TPSA) is 46.2 Å². The molecule has 3 nitrogen and oxygen atoms in total. The fourth-order valence-electron chi connectivity index (χ4n) is 2.23. The molecule has 0 heterocycles. The molecule has 2 aromatic carbocycles. The molecule has 112 valence electrons. The van der Waals surface area contributed by atoms with Crippen LogP contribution in [0, 0.1) is 0 Å². The van der Waals surface area contributed by atoms with Crippen LogP contribution in [0.15, 0.2) is 59.5 Å². The van der Waals surface area contributed by atoms with Gasteiger partial charge in [-0.15, -0.1) is 0 Å². The van der Waals surface area contributed by atoms with Gasteiger partial charge >= 0.3 is 0 Å². The van der Waals surface area contributed by atoms with E-state index in [1.165, 1.54) is 5.56 Å². The third-order valence-corrected chi connectivity index (χ3v) is 5.14. The summed E-state index contributed by atoms with van der Waals surface area (Å²) in [5, 5.41) is 3.39. The predicted octanol–water partition coefficient (Wildman–Crippen LogP) is 3.52. The Morgan fingerprint density at radius 3 is 2.19 bits per heavy atom. The quantitative estimate of drug-likeness (QED) is 0.888. The molecule has 0 amide bonds. The maximum absolute atomic E-state index is 11.8. The van der Waals surface area contributed by atoms with Gasteiger partial charge in [-0.05, 0) is 43.2 Å². The molecule has 0 aliphatic carbocycles. The van der Waals surface area contributed by atoms with E-state index >= 15 is 0 Å². The maximum Gasteiger partial charge on any atom is 0.178 e. The van der Waals surface area contributed by atoms with Crippen molar-refractivity contribution in [2.24, 2.45) is 0 Å². The Labute approximate surface area is 126 Å². The lowest BCUT2D eigenvalue weighted by atomic mass is 10.1. The van der Waals surface area contributed by atoms with Crippen LogP contribution in [0.4, 0.5) is 5.69 Å². The molecule has 0 spiro atoms. The molecular formula is C17H21NO2S. The van der Waals surface area contributed by atoms with Gasteiger partial charge in [-0.2, -0.15) is 0 Å². The van der Waals surface area contributed by atoms with Crippen LogP contribution in [0.2, 0.25) is 0 Å². The van der Waals surface area contributed by atoms with Gasteiger partial charge in [-0.25, -0.2) is 8.42 Å². The Morgan fingerprint density at radius 2 is 1.62 bits per heavy atom. The van der Waals surface area contributed by atoms with Crippen LogP contribution in [-0.2, 0) is 16.3 Å². The number of sulfone groups is 1. The average Bonchev–Trinajstić information content (AvgIpc) is 2.48. The van der Waals surface area contributed by atoms with Gasteiger partial charge in [0.25, 0.3) is 0 Å². The molecule has 1 N–H and O–H groups in total. The van der Waals surface area contributed by atoms with Gasteiger partial charge in [0.1, 0.15) is 0 Å². The van der Waals surface area contributed by atoms with Crippen molar-refractivity contribution in [1.29, 1.82) is 0 Å². The fourth-order valence-corrected chi connectivity index (χ4v) is 3.11. The second-order valence-electron chi connectivity index (χ2n) is 5.16. The summed E-state index contributed by atoms with van der Waals surface area (Å²) in [5.41, 5.74) is 2.22. The number of hydrogen-bond acceptors (Lipinski definition) is 3. The number of rotatable bonds is 6. The predicted molar refractivity (Wildman–Crippen MR) is 87.4 cm³/mol. The van der Waals surface area contributed by atoms with Crippen molar-refractivity contribution in [3.63, 3.8) is 0 Å². The van der Waals surface area contributed by atoms with Gasteiger partial charge in [0, 0.05) is 11.7 Å². The number of anilines is 1. The molecule has 2 aromatic rings. The van der Waals surface area contributed by atoms with Crippen molar-refractivity contribution in [3.8, 4) is 0 Å². The summed E-state index contributed by atoms with van der Waals surface area (Å²) in [6.07, 6.45) is 0.926. The first-order chi connectivity index (χ1) is 10.0. The molecule has 0 saturated heterocycles. The summed E-state index contributed by atoms with van der Waals surface area (Å²) in [6.45, 7) is 3.77. The number of nitrogens with one attached hydrogen (secondary N) is 1. The van der Waals surface area contributed by atoms with Crippen molar-refractivity contribution >= 4 is 15.5 Å². The minimum Gasteiger partial charge on any atom is -0.382 e. The highest BCUT2D eigenvalue weighted by molar-refractivity contribution is 7.91. The molecule has 0 aromatic heterocycles. The zero-order valence-corrected chi connectivity index (χ0v) is 13.2. The van der Waals surface area contributed by atoms with E-state index in [4.69, 9.17) is 0 Å². The summed E-state index contributed by atoms with van der Waals surface area (Å²) in [6, 6.07) is 17.5. The van der Waals surface area contributed by atoms with Gasteiger partial charge < -0.3 is 5.32 Å². The highest BCUT2D eigenvalue weighted by atomic mass is 32.2. The third-order valence-electron chi connectivity index (χ3n) is 3.39. The molecule has 0 aliphatic rings. The first-order valence-corrected chi connectivity index (χ1v) is 8.80. The second kappa shape index (κ2) is 6.76. The summed E-state index contributed by atoms with van der Waals surface area (Å²) in [7, 11) is -3.12. The van der Waals surface area contributed by atoms with E-state index in [2.05, 4.69) is 24.4 Å². The van der Waals surface area contributed by atoms with E-state index < -0.39 is 9.84 Å². The van der Waals surface area contributed by atoms with E-state index in [0.29, 0.717) is 4.90 Å². The van der Waals surface area contributed by atoms with Crippen LogP contribution in [0.5, 0.6) is 0 Å². The first-order valence-electron chi connectivity index (χ1n) is 7.14. The molecule has 0 fully saturated rings. The normalized spacial score (nSPS) is 12.9. The van der Waals surface area contributed by atoms with E-state index in [1.54, 1.807) is 19.1 Å². The molecule has 2 rings (SSSR count). The summed E-state index contributed by atoms with van der Waals surface area (Å²) in [5.74, 6) is 0.129. The van der Waals surface area contributed by atoms with Gasteiger partial charge in [-0.1, -0.05) is 37.3 Å². The van der Waals surface area contributed by atoms with Crippen molar-refractivity contribution < 1.29 is 8.42 Å². The molecule has 1 atom stereocenters. The van der Waals surface area contributed by atoms with Crippen molar-refractivity contribution in [3.05, 3.63) is 60.2 Å². The third kappa shape index (κ3) is 4.33. The van der Waals surface area contributed by atoms with Crippen LogP contribution in [0.25, 0.3) is 0 Å². The number of benzene rings is 2. The van der Waals surface area contributed by atoms with Gasteiger partial charge in [0.15, 0.2) is 9.84 Å². The standard InChI is InChI=1S/C17H21NO2S/c1-3-21(19,20)17-11-9-16(10-12-17)18-14(2)13-15-7-5-4-6-8-15/h4-12,14,18H,3,13H2,1-2H3. The Bertz CT molecular complexity index is 664. The van der Waals surface area contributed by atoms with Crippen LogP contribution in [0.3, 0.4) is 0 Å². The zero-order valence-electron chi connectivity index (χ0n) is 12.4. The highest BCUT2D eigenvalue weighted by Crippen LogP contribution is 2.16. The van der Waals surface area contributed by atoms with E-state index in [1.807, 2.05) is 30.3 Å². The van der Waals surface area contributed by atoms with Crippen molar-refractivity contribution in [1.82, 2.24) is 0 Å². The highest BCUT2D eigenvalue weighted by Gasteiger charge is 2.11. The Morgan fingerprint density at radius 1 is 1.00 bits per heavy atom. The molecular weight excluding hydrogens is 282 g/mol. The largest absolute Gasteiger partial charge is 0.382 e. The SMILES string of the molecule is CCS(=O)(=O)c1ccc(NC(C)Cc2ccccc2)cc1. The molecule has 0 radical (unpaired) electrons. The van der Waals surface area contributed by atoms with Crippen LogP contribution in [0.1, 0.15) is 19.4 Å². The minimum absolute atomic E-state index is 0.129. The van der Waals surface area contributed by atoms with Gasteiger partial charge in [-0.3, -0.25) is 0 Å². The Hall–Kier alpha value is -1.81. The Kier molecular flexibility index (Phi) is 5.02. The molecule has 21 heavy (non-hydrogen) atoms. The van der Waals surface area contributed by atoms with Crippen molar-refractivity contribution in [2.45, 2.75) is 31.2 Å². The smallest absolute Gasteiger partial charge is 0.178 e. The lowest BCUT2D eigenvalue weighted by Crippen LogP contribution is -2.18. The molecule has 0 aliphatic heterocycles. The van der Waals surface area contributed by atoms with Crippen LogP contribution < -0.4 is 5.32 Å². The number of hydrogen-bond donors (Lipinski definition) is 1. The molecule has 4 heteroatoms. The minimum atomic E-state index is -3.12. The van der Waals surface area contributed by atoms with Crippen LogP contribution in [-0.4, -0.2) is 20.2 Å². The fraction of sp³-hybridized carbons (Fsp3) is 0.294. The van der Waals surface area contributed by atoms with Gasteiger partial charge in [0.05, 0.1) is 10.6 Å². The molecule has 0 bridgehead atoms. The molecule has 1 unspecified atom stereocenters. The average molecular weight is 303 g/mol.